The van der Waals surface area contributed by atoms with E-state index in [-0.39, 0.29) is 0 Å². The van der Waals surface area contributed by atoms with Crippen molar-refractivity contribution in [2.75, 3.05) is 6.61 Å². The molecule has 0 spiro atoms. The Morgan fingerprint density at radius 1 is 1.44 bits per heavy atom. The van der Waals surface area contributed by atoms with Gasteiger partial charge in [-0.25, -0.2) is 4.98 Å². The topological polar surface area (TPSA) is 27.1 Å². The normalized spacial score (nSPS) is 15.2. The van der Waals surface area contributed by atoms with E-state index in [1.165, 1.54) is 12.8 Å². The average Bonchev–Trinajstić information content (AvgIpc) is 3.12. The summed E-state index contributed by atoms with van der Waals surface area (Å²) in [5.41, 5.74) is 2.08. The second-order valence-corrected chi connectivity index (χ2v) is 5.04. The summed E-state index contributed by atoms with van der Waals surface area (Å²) < 4.78 is 7.89. The predicted octanol–water partition coefficient (Wildman–Crippen LogP) is 3.58. The summed E-state index contributed by atoms with van der Waals surface area (Å²) in [7, 11) is 0. The van der Waals surface area contributed by atoms with Gasteiger partial charge in [0.05, 0.1) is 18.0 Å². The van der Waals surface area contributed by atoms with Gasteiger partial charge in [-0.05, 0) is 37.8 Å². The molecule has 1 aromatic carbocycles. The van der Waals surface area contributed by atoms with Crippen molar-refractivity contribution in [3.8, 4) is 5.75 Å². The van der Waals surface area contributed by atoms with E-state index < -0.39 is 0 Å². The van der Waals surface area contributed by atoms with E-state index in [2.05, 4.69) is 15.6 Å². The average molecular weight is 265 g/mol. The van der Waals surface area contributed by atoms with Gasteiger partial charge in [0.15, 0.2) is 0 Å². The van der Waals surface area contributed by atoms with Crippen molar-refractivity contribution in [3.05, 3.63) is 24.0 Å². The number of imidazole rings is 1. The molecule has 0 atom stereocenters. The Bertz CT molecular complexity index is 560. The van der Waals surface area contributed by atoms with Gasteiger partial charge in [-0.15, -0.1) is 11.6 Å². The van der Waals surface area contributed by atoms with Crippen molar-refractivity contribution in [2.24, 2.45) is 5.92 Å². The number of hydrogen-bond donors (Lipinski definition) is 0. The molecule has 96 valence electrons. The minimum Gasteiger partial charge on any atom is -0.492 e. The lowest BCUT2D eigenvalue weighted by molar-refractivity contribution is 0.343. The molecule has 0 bridgehead atoms. The zero-order valence-electron chi connectivity index (χ0n) is 10.5. The molecule has 1 aliphatic carbocycles. The highest BCUT2D eigenvalue weighted by Gasteiger charge is 2.24. The van der Waals surface area contributed by atoms with Gasteiger partial charge in [0.1, 0.15) is 17.1 Å². The molecule has 0 amide bonds. The zero-order valence-corrected chi connectivity index (χ0v) is 11.3. The summed E-state index contributed by atoms with van der Waals surface area (Å²) >= 11 is 6.01. The lowest BCUT2D eigenvalue weighted by Crippen LogP contribution is -2.03. The van der Waals surface area contributed by atoms with E-state index >= 15 is 0 Å². The Balaban J connectivity index is 2.10. The van der Waals surface area contributed by atoms with Crippen LogP contribution in [0.1, 0.15) is 25.6 Å². The van der Waals surface area contributed by atoms with Crippen LogP contribution in [-0.4, -0.2) is 16.2 Å². The third-order valence-corrected chi connectivity index (χ3v) is 3.62. The van der Waals surface area contributed by atoms with Gasteiger partial charge in [0.25, 0.3) is 0 Å². The van der Waals surface area contributed by atoms with Gasteiger partial charge < -0.3 is 9.30 Å². The molecule has 0 radical (unpaired) electrons. The summed E-state index contributed by atoms with van der Waals surface area (Å²) in [6.07, 6.45) is 2.65. The van der Waals surface area contributed by atoms with Crippen molar-refractivity contribution in [3.63, 3.8) is 0 Å². The number of fused-ring (bicyclic) bond motifs is 1. The van der Waals surface area contributed by atoms with Crippen molar-refractivity contribution >= 4 is 22.6 Å². The van der Waals surface area contributed by atoms with Gasteiger partial charge in [-0.3, -0.25) is 0 Å². The van der Waals surface area contributed by atoms with E-state index in [1.54, 1.807) is 0 Å². The first kappa shape index (κ1) is 11.8. The van der Waals surface area contributed by atoms with Gasteiger partial charge in [-0.1, -0.05) is 6.07 Å². The third-order valence-electron chi connectivity index (χ3n) is 3.38. The fourth-order valence-corrected chi connectivity index (χ4v) is 2.51. The fourth-order valence-electron chi connectivity index (χ4n) is 2.31. The maximum atomic E-state index is 6.01. The van der Waals surface area contributed by atoms with Crippen LogP contribution >= 0.6 is 11.6 Å². The van der Waals surface area contributed by atoms with Crippen LogP contribution in [0, 0.1) is 5.92 Å². The smallest absolute Gasteiger partial charge is 0.147 e. The molecule has 3 rings (SSSR count). The highest BCUT2D eigenvalue weighted by Crippen LogP contribution is 2.34. The van der Waals surface area contributed by atoms with Crippen molar-refractivity contribution in [1.82, 2.24) is 9.55 Å². The lowest BCUT2D eigenvalue weighted by Gasteiger charge is -2.07. The highest BCUT2D eigenvalue weighted by molar-refractivity contribution is 6.16. The molecular weight excluding hydrogens is 248 g/mol. The standard InChI is InChI=1S/C14H17ClN2O/c1-2-18-12-5-3-4-11-14(12)16-13(8-15)17(11)9-10-6-7-10/h3-5,10H,2,6-9H2,1H3. The van der Waals surface area contributed by atoms with Crippen LogP contribution in [0.3, 0.4) is 0 Å². The monoisotopic (exact) mass is 264 g/mol. The summed E-state index contributed by atoms with van der Waals surface area (Å²) in [4.78, 5) is 4.64. The van der Waals surface area contributed by atoms with Crippen LogP contribution in [0.5, 0.6) is 5.75 Å². The number of ether oxygens (including phenoxy) is 1. The van der Waals surface area contributed by atoms with E-state index in [0.29, 0.717) is 12.5 Å². The maximum absolute atomic E-state index is 6.01. The quantitative estimate of drug-likeness (QED) is 0.772. The lowest BCUT2D eigenvalue weighted by atomic mass is 10.3. The summed E-state index contributed by atoms with van der Waals surface area (Å²) in [6, 6.07) is 6.10. The molecule has 0 saturated heterocycles. The van der Waals surface area contributed by atoms with Crippen LogP contribution in [0.15, 0.2) is 18.2 Å². The molecule has 3 nitrogen and oxygen atoms in total. The maximum Gasteiger partial charge on any atom is 0.147 e. The van der Waals surface area contributed by atoms with Crippen LogP contribution in [-0.2, 0) is 12.4 Å². The molecule has 1 fully saturated rings. The summed E-state index contributed by atoms with van der Waals surface area (Å²) in [5, 5.41) is 0. The highest BCUT2D eigenvalue weighted by atomic mass is 35.5. The van der Waals surface area contributed by atoms with Gasteiger partial charge in [0, 0.05) is 6.54 Å². The van der Waals surface area contributed by atoms with Gasteiger partial charge >= 0.3 is 0 Å². The number of aromatic nitrogens is 2. The molecule has 1 saturated carbocycles. The molecule has 0 unspecified atom stereocenters. The molecule has 1 heterocycles. The number of hydrogen-bond acceptors (Lipinski definition) is 2. The Labute approximate surface area is 112 Å². The summed E-state index contributed by atoms with van der Waals surface area (Å²) in [6.45, 7) is 3.68. The molecule has 4 heteroatoms. The number of nitrogens with zero attached hydrogens (tertiary/aromatic N) is 2. The van der Waals surface area contributed by atoms with Crippen LogP contribution in [0.25, 0.3) is 11.0 Å². The van der Waals surface area contributed by atoms with E-state index in [0.717, 1.165) is 35.1 Å². The molecule has 18 heavy (non-hydrogen) atoms. The second-order valence-electron chi connectivity index (χ2n) is 4.77. The van der Waals surface area contributed by atoms with E-state index in [9.17, 15) is 0 Å². The number of benzene rings is 1. The minimum atomic E-state index is 0.451. The number of halogens is 1. The zero-order chi connectivity index (χ0) is 12.5. The van der Waals surface area contributed by atoms with Gasteiger partial charge in [-0.2, -0.15) is 0 Å². The minimum absolute atomic E-state index is 0.451. The molecule has 0 aliphatic heterocycles. The first-order chi connectivity index (χ1) is 8.83. The van der Waals surface area contributed by atoms with Crippen LogP contribution in [0.2, 0.25) is 0 Å². The predicted molar refractivity (Wildman–Crippen MR) is 73.2 cm³/mol. The summed E-state index contributed by atoms with van der Waals surface area (Å²) in [5.74, 6) is 3.06. The molecule has 1 aliphatic rings. The van der Waals surface area contributed by atoms with Gasteiger partial charge in [0.2, 0.25) is 0 Å². The number of para-hydroxylation sites is 1. The van der Waals surface area contributed by atoms with Crippen LogP contribution < -0.4 is 4.74 Å². The first-order valence-electron chi connectivity index (χ1n) is 6.50. The van der Waals surface area contributed by atoms with E-state index in [1.807, 2.05) is 19.1 Å². The first-order valence-corrected chi connectivity index (χ1v) is 7.03. The third kappa shape index (κ3) is 2.07. The molecule has 0 N–H and O–H groups in total. The Kier molecular flexibility index (Phi) is 3.16. The Morgan fingerprint density at radius 3 is 2.94 bits per heavy atom. The Hall–Kier alpha value is -1.22. The van der Waals surface area contributed by atoms with E-state index in [4.69, 9.17) is 16.3 Å². The number of rotatable bonds is 5. The molecular formula is C14H17ClN2O. The van der Waals surface area contributed by atoms with Crippen molar-refractivity contribution < 1.29 is 4.74 Å². The SMILES string of the molecule is CCOc1cccc2c1nc(CCl)n2CC1CC1. The Morgan fingerprint density at radius 2 is 2.28 bits per heavy atom. The second kappa shape index (κ2) is 4.81. The van der Waals surface area contributed by atoms with Crippen LogP contribution in [0.4, 0.5) is 0 Å². The number of alkyl halides is 1. The fraction of sp³-hybridized carbons (Fsp3) is 0.500. The molecule has 1 aromatic heterocycles. The largest absolute Gasteiger partial charge is 0.492 e. The van der Waals surface area contributed by atoms with Crippen molar-refractivity contribution in [1.29, 1.82) is 0 Å². The van der Waals surface area contributed by atoms with Crippen molar-refractivity contribution in [2.45, 2.75) is 32.2 Å². The molecule has 2 aromatic rings.